The molecule has 0 atom stereocenters. The maximum Gasteiger partial charge on any atom is 0.488 e. The second kappa shape index (κ2) is 5.30. The maximum atomic E-state index is 11.1. The Labute approximate surface area is 93.5 Å². The SMILES string of the molecule is Cc1ccc(NC(=O)CC#N)cc1B(O)O. The van der Waals surface area contributed by atoms with Gasteiger partial charge in [0, 0.05) is 5.69 Å². The highest BCUT2D eigenvalue weighted by Gasteiger charge is 2.14. The highest BCUT2D eigenvalue weighted by atomic mass is 16.4. The van der Waals surface area contributed by atoms with Gasteiger partial charge >= 0.3 is 7.12 Å². The molecule has 1 aromatic carbocycles. The molecule has 0 spiro atoms. The van der Waals surface area contributed by atoms with Crippen molar-refractivity contribution < 1.29 is 14.8 Å². The lowest BCUT2D eigenvalue weighted by Crippen LogP contribution is -2.32. The third-order valence-corrected chi connectivity index (χ3v) is 2.08. The van der Waals surface area contributed by atoms with Crippen LogP contribution in [0.4, 0.5) is 5.69 Å². The molecule has 82 valence electrons. The third-order valence-electron chi connectivity index (χ3n) is 2.08. The van der Waals surface area contributed by atoms with Crippen LogP contribution in [0.5, 0.6) is 0 Å². The number of anilines is 1. The number of benzene rings is 1. The number of carbonyl (C=O) groups excluding carboxylic acids is 1. The molecule has 0 aliphatic rings. The highest BCUT2D eigenvalue weighted by molar-refractivity contribution is 6.59. The van der Waals surface area contributed by atoms with E-state index in [1.165, 1.54) is 6.07 Å². The molecule has 16 heavy (non-hydrogen) atoms. The Morgan fingerprint density at radius 3 is 2.81 bits per heavy atom. The van der Waals surface area contributed by atoms with Crippen LogP contribution in [0.3, 0.4) is 0 Å². The average Bonchev–Trinajstić information content (AvgIpc) is 2.21. The summed E-state index contributed by atoms with van der Waals surface area (Å²) in [5, 5.41) is 28.9. The Kier molecular flexibility index (Phi) is 4.06. The molecule has 0 aliphatic heterocycles. The van der Waals surface area contributed by atoms with Gasteiger partial charge in [0.15, 0.2) is 0 Å². The van der Waals surface area contributed by atoms with E-state index in [2.05, 4.69) is 5.32 Å². The van der Waals surface area contributed by atoms with E-state index in [1.807, 2.05) is 0 Å². The smallest absolute Gasteiger partial charge is 0.423 e. The summed E-state index contributed by atoms with van der Waals surface area (Å²) in [5.41, 5.74) is 1.48. The summed E-state index contributed by atoms with van der Waals surface area (Å²) in [6.07, 6.45) is -0.231. The third kappa shape index (κ3) is 3.09. The van der Waals surface area contributed by atoms with Gasteiger partial charge in [-0.15, -0.1) is 0 Å². The number of nitrogens with zero attached hydrogens (tertiary/aromatic N) is 1. The largest absolute Gasteiger partial charge is 0.488 e. The molecular weight excluding hydrogens is 207 g/mol. The van der Waals surface area contributed by atoms with Gasteiger partial charge in [-0.1, -0.05) is 11.6 Å². The van der Waals surface area contributed by atoms with Crippen LogP contribution >= 0.6 is 0 Å². The fourth-order valence-corrected chi connectivity index (χ4v) is 1.27. The van der Waals surface area contributed by atoms with Crippen molar-refractivity contribution in [3.05, 3.63) is 23.8 Å². The van der Waals surface area contributed by atoms with Crippen molar-refractivity contribution in [2.24, 2.45) is 0 Å². The predicted octanol–water partition coefficient (Wildman–Crippen LogP) is -0.473. The van der Waals surface area contributed by atoms with E-state index in [4.69, 9.17) is 15.3 Å². The molecule has 0 aliphatic carbocycles. The Bertz CT molecular complexity index is 440. The van der Waals surface area contributed by atoms with E-state index in [0.29, 0.717) is 16.7 Å². The Hall–Kier alpha value is -1.84. The summed E-state index contributed by atoms with van der Waals surface area (Å²) in [6, 6.07) is 6.49. The number of hydrogen-bond donors (Lipinski definition) is 3. The summed E-state index contributed by atoms with van der Waals surface area (Å²) in [7, 11) is -1.58. The number of hydrogen-bond acceptors (Lipinski definition) is 4. The molecule has 0 unspecified atom stereocenters. The van der Waals surface area contributed by atoms with Crippen molar-refractivity contribution in [2.45, 2.75) is 13.3 Å². The quantitative estimate of drug-likeness (QED) is 0.597. The van der Waals surface area contributed by atoms with E-state index >= 15 is 0 Å². The second-order valence-corrected chi connectivity index (χ2v) is 3.33. The minimum Gasteiger partial charge on any atom is -0.423 e. The second-order valence-electron chi connectivity index (χ2n) is 3.33. The summed E-state index contributed by atoms with van der Waals surface area (Å²) >= 11 is 0. The molecule has 1 aromatic rings. The van der Waals surface area contributed by atoms with Crippen molar-refractivity contribution in [1.82, 2.24) is 0 Å². The van der Waals surface area contributed by atoms with Crippen molar-refractivity contribution in [1.29, 1.82) is 5.26 Å². The lowest BCUT2D eigenvalue weighted by molar-refractivity contribution is -0.115. The van der Waals surface area contributed by atoms with E-state index < -0.39 is 13.0 Å². The fraction of sp³-hybridized carbons (Fsp3) is 0.200. The first-order valence-electron chi connectivity index (χ1n) is 4.68. The topological polar surface area (TPSA) is 93.4 Å². The van der Waals surface area contributed by atoms with Gasteiger partial charge in [0.2, 0.25) is 5.91 Å². The number of carbonyl (C=O) groups is 1. The van der Waals surface area contributed by atoms with Crippen LogP contribution < -0.4 is 10.8 Å². The summed E-state index contributed by atoms with van der Waals surface area (Å²) in [4.78, 5) is 11.1. The molecule has 0 saturated carbocycles. The standard InChI is InChI=1S/C10H11BN2O3/c1-7-2-3-8(6-9(7)11(15)16)13-10(14)4-5-12/h2-3,6,15-16H,4H2,1H3,(H,13,14). The van der Waals surface area contributed by atoms with Gasteiger partial charge in [0.1, 0.15) is 6.42 Å². The molecule has 0 heterocycles. The first kappa shape index (κ1) is 12.2. The molecular formula is C10H11BN2O3. The van der Waals surface area contributed by atoms with Crippen molar-refractivity contribution in [3.63, 3.8) is 0 Å². The van der Waals surface area contributed by atoms with Crippen molar-refractivity contribution in [2.75, 3.05) is 5.32 Å². The Morgan fingerprint density at radius 2 is 2.25 bits per heavy atom. The van der Waals surface area contributed by atoms with Crippen LogP contribution in [-0.2, 0) is 4.79 Å². The monoisotopic (exact) mass is 218 g/mol. The summed E-state index contributed by atoms with van der Waals surface area (Å²) in [5.74, 6) is -0.426. The number of nitriles is 1. The van der Waals surface area contributed by atoms with Crippen molar-refractivity contribution in [3.8, 4) is 6.07 Å². The summed E-state index contributed by atoms with van der Waals surface area (Å²) in [6.45, 7) is 1.73. The van der Waals surface area contributed by atoms with Crippen LogP contribution in [0.25, 0.3) is 0 Å². The summed E-state index contributed by atoms with van der Waals surface area (Å²) < 4.78 is 0. The lowest BCUT2D eigenvalue weighted by atomic mass is 9.77. The normalized spacial score (nSPS) is 9.38. The van der Waals surface area contributed by atoms with Crippen LogP contribution in [0.2, 0.25) is 0 Å². The molecule has 0 aromatic heterocycles. The van der Waals surface area contributed by atoms with Gasteiger partial charge in [0.25, 0.3) is 0 Å². The van der Waals surface area contributed by atoms with E-state index in [9.17, 15) is 4.79 Å². The first-order chi connectivity index (χ1) is 7.54. The highest BCUT2D eigenvalue weighted by Crippen LogP contribution is 2.07. The zero-order valence-corrected chi connectivity index (χ0v) is 8.77. The molecule has 1 amide bonds. The van der Waals surface area contributed by atoms with Gasteiger partial charge in [-0.2, -0.15) is 5.26 Å². The van der Waals surface area contributed by atoms with E-state index in [-0.39, 0.29) is 6.42 Å². The molecule has 0 saturated heterocycles. The van der Waals surface area contributed by atoms with Gasteiger partial charge < -0.3 is 15.4 Å². The minimum absolute atomic E-state index is 0.231. The van der Waals surface area contributed by atoms with Gasteiger partial charge in [0.05, 0.1) is 6.07 Å². The zero-order valence-electron chi connectivity index (χ0n) is 8.77. The molecule has 5 nitrogen and oxygen atoms in total. The van der Waals surface area contributed by atoms with Gasteiger partial charge in [-0.05, 0) is 24.5 Å². The minimum atomic E-state index is -1.58. The maximum absolute atomic E-state index is 11.1. The van der Waals surface area contributed by atoms with Gasteiger partial charge in [-0.3, -0.25) is 4.79 Å². The molecule has 1 rings (SSSR count). The lowest BCUT2D eigenvalue weighted by Gasteiger charge is -2.08. The number of rotatable bonds is 3. The molecule has 0 fully saturated rings. The Morgan fingerprint density at radius 1 is 1.56 bits per heavy atom. The Balaban J connectivity index is 2.87. The van der Waals surface area contributed by atoms with Crippen LogP contribution in [0.15, 0.2) is 18.2 Å². The fourth-order valence-electron chi connectivity index (χ4n) is 1.27. The number of nitrogens with one attached hydrogen (secondary N) is 1. The van der Waals surface area contributed by atoms with E-state index in [1.54, 1.807) is 25.1 Å². The van der Waals surface area contributed by atoms with Crippen LogP contribution in [0.1, 0.15) is 12.0 Å². The van der Waals surface area contributed by atoms with E-state index in [0.717, 1.165) is 0 Å². The molecule has 0 bridgehead atoms. The van der Waals surface area contributed by atoms with Crippen molar-refractivity contribution >= 4 is 24.2 Å². The molecule has 0 radical (unpaired) electrons. The number of aryl methyl sites for hydroxylation is 1. The van der Waals surface area contributed by atoms with Crippen LogP contribution in [0, 0.1) is 18.3 Å². The van der Waals surface area contributed by atoms with Crippen LogP contribution in [-0.4, -0.2) is 23.1 Å². The molecule has 3 N–H and O–H groups in total. The first-order valence-corrected chi connectivity index (χ1v) is 4.68. The molecule has 6 heteroatoms. The number of amides is 1. The van der Waals surface area contributed by atoms with Gasteiger partial charge in [-0.25, -0.2) is 0 Å². The zero-order chi connectivity index (χ0) is 12.1. The predicted molar refractivity (Wildman–Crippen MR) is 59.9 cm³/mol. The average molecular weight is 218 g/mol.